The second-order valence-corrected chi connectivity index (χ2v) is 25.7. The van der Waals surface area contributed by atoms with Crippen molar-refractivity contribution in [1.29, 1.82) is 0 Å². The van der Waals surface area contributed by atoms with Gasteiger partial charge in [-0.3, -0.25) is 9.13 Å². The van der Waals surface area contributed by atoms with Crippen LogP contribution in [0.4, 0.5) is 27.8 Å². The van der Waals surface area contributed by atoms with Crippen molar-refractivity contribution in [2.75, 3.05) is 10.6 Å². The Morgan fingerprint density at radius 3 is 1.52 bits per heavy atom. The number of nitrogens with zero attached hydrogens (tertiary/aromatic N) is 6. The summed E-state index contributed by atoms with van der Waals surface area (Å²) in [5.41, 5.74) is 13.8. The number of rotatable bonds is 6. The molecule has 0 aliphatic carbocycles. The number of alkyl carbamates (subject to hydrolysis) is 1. The Hall–Kier alpha value is -8.63. The fourth-order valence-corrected chi connectivity index (χ4v) is 11.1. The lowest BCUT2D eigenvalue weighted by atomic mass is 9.78. The van der Waals surface area contributed by atoms with Crippen molar-refractivity contribution in [3.8, 4) is 67.9 Å². The van der Waals surface area contributed by atoms with Gasteiger partial charge in [0.1, 0.15) is 27.5 Å². The monoisotopic (exact) mass is 1190 g/mol. The molecule has 3 N–H and O–H groups in total. The Kier molecular flexibility index (Phi) is 15.6. The minimum absolute atomic E-state index is 0.0918. The third kappa shape index (κ3) is 11.9. The maximum absolute atomic E-state index is 12.1. The molecule has 0 spiro atoms. The molecule has 3 aliphatic rings. The average Bonchev–Trinajstić information content (AvgIpc) is 2.03. The van der Waals surface area contributed by atoms with Crippen LogP contribution in [0.25, 0.3) is 67.9 Å². The van der Waals surface area contributed by atoms with Crippen LogP contribution in [0.3, 0.4) is 0 Å². The van der Waals surface area contributed by atoms with Gasteiger partial charge < -0.3 is 30.0 Å². The fourth-order valence-electron chi connectivity index (χ4n) is 10.5. The lowest BCUT2D eigenvalue weighted by Crippen LogP contribution is -2.44. The van der Waals surface area contributed by atoms with E-state index >= 15 is 0 Å². The van der Waals surface area contributed by atoms with Gasteiger partial charge >= 0.3 is 13.2 Å². The van der Waals surface area contributed by atoms with Crippen LogP contribution < -0.4 is 21.4 Å². The number of nitrogens with one attached hydrogen (secondary N) is 3. The molecule has 7 heterocycles. The van der Waals surface area contributed by atoms with E-state index in [0.717, 1.165) is 107 Å². The SMILES string of the molecule is Brc1c(-c2ccccc2)nc2n1-c1cccnc1Nc1ccccc1-2.CC(C)(C)OC(=O)NC(C)(C)c1ccc(B2OC(C)(C)C(C)(C)O2)cc1.CC(C)(C)c1ccc(-c2c(-c3ccccc3)nc3n2-c2cccnc2Nc2ccccc2-3)cc1. The number of para-hydroxylation sites is 2. The molecule has 0 atom stereocenters. The molecular formula is C70H71BBrN9O4. The number of carbonyl (C=O) groups is 1. The van der Waals surface area contributed by atoms with Gasteiger partial charge in [0.05, 0.1) is 50.9 Å². The Bertz CT molecular complexity index is 4040. The third-order valence-corrected chi connectivity index (χ3v) is 16.4. The van der Waals surface area contributed by atoms with Gasteiger partial charge in [-0.2, -0.15) is 0 Å². The molecule has 1 fully saturated rings. The van der Waals surface area contributed by atoms with Crippen LogP contribution in [0.15, 0.2) is 199 Å². The lowest BCUT2D eigenvalue weighted by Gasteiger charge is -2.32. The number of hydrogen-bond acceptors (Lipinski definition) is 10. The minimum atomic E-state index is -0.559. The largest absolute Gasteiger partial charge is 0.494 e. The highest BCUT2D eigenvalue weighted by Crippen LogP contribution is 2.46. The smallest absolute Gasteiger partial charge is 0.444 e. The average molecular weight is 1190 g/mol. The van der Waals surface area contributed by atoms with Gasteiger partial charge in [-0.1, -0.05) is 154 Å². The molecule has 430 valence electrons. The van der Waals surface area contributed by atoms with Crippen molar-refractivity contribution < 1.29 is 18.8 Å². The van der Waals surface area contributed by atoms with Crippen LogP contribution in [0.2, 0.25) is 0 Å². The van der Waals surface area contributed by atoms with Crippen LogP contribution in [-0.2, 0) is 25.0 Å². The molecule has 13 rings (SSSR count). The highest BCUT2D eigenvalue weighted by atomic mass is 79.9. The number of aromatic nitrogens is 6. The standard InChI is InChI=1S/C30H26N4.C20H32BNO4.C20H13BrN4/c1-30(2,3)22-17-15-21(16-18-22)27-26(20-10-5-4-6-11-20)33-29-23-12-7-8-13-24(23)32-28-25(34(27)29)14-9-19-31-28;1-17(2,3)24-16(23)22-18(4,5)14-10-12-15(13-11-14)21-25-19(6,7)20(8,9)26-21;21-18-17(13-7-2-1-3-8-13)24-20-14-9-4-5-10-15(14)23-19-16(25(18)20)11-6-12-22-19/h4-19H,1-3H3,(H,31,32);10-13H,1-9H3,(H,22,23);1-12H,(H,22,23). The van der Waals surface area contributed by atoms with Crippen molar-refractivity contribution in [2.45, 2.75) is 111 Å². The summed E-state index contributed by atoms with van der Waals surface area (Å²) in [7, 11) is -0.393. The second-order valence-electron chi connectivity index (χ2n) is 25.0. The predicted octanol–water partition coefficient (Wildman–Crippen LogP) is 16.8. The first-order valence-corrected chi connectivity index (χ1v) is 29.5. The van der Waals surface area contributed by atoms with Crippen molar-refractivity contribution in [3.05, 3.63) is 210 Å². The molecule has 15 heteroatoms. The highest BCUT2D eigenvalue weighted by Gasteiger charge is 2.51. The number of fused-ring (bicyclic) bond motifs is 10. The number of carbonyl (C=O) groups excluding carboxylic acids is 1. The third-order valence-electron chi connectivity index (χ3n) is 15.7. The molecule has 1 saturated heterocycles. The number of ether oxygens (including phenoxy) is 1. The number of hydrogen-bond donors (Lipinski definition) is 3. The zero-order valence-electron chi connectivity index (χ0n) is 50.2. The summed E-state index contributed by atoms with van der Waals surface area (Å²) in [6, 6.07) is 62.0. The molecule has 1 amide bonds. The van der Waals surface area contributed by atoms with Gasteiger partial charge in [0.2, 0.25) is 0 Å². The summed E-state index contributed by atoms with van der Waals surface area (Å²) in [6.07, 6.45) is 3.19. The first kappa shape index (κ1) is 58.2. The van der Waals surface area contributed by atoms with E-state index in [1.807, 2.05) is 160 Å². The van der Waals surface area contributed by atoms with Crippen molar-refractivity contribution in [3.63, 3.8) is 0 Å². The highest BCUT2D eigenvalue weighted by molar-refractivity contribution is 9.10. The Balaban J connectivity index is 0.000000135. The van der Waals surface area contributed by atoms with E-state index in [2.05, 4.69) is 163 Å². The number of benzene rings is 6. The summed E-state index contributed by atoms with van der Waals surface area (Å²) < 4.78 is 22.8. The van der Waals surface area contributed by atoms with Gasteiger partial charge in [0.15, 0.2) is 11.6 Å². The number of amides is 1. The van der Waals surface area contributed by atoms with Gasteiger partial charge in [-0.25, -0.2) is 24.7 Å². The normalized spacial score (nSPS) is 14.2. The van der Waals surface area contributed by atoms with Crippen LogP contribution in [-0.4, -0.2) is 59.1 Å². The molecule has 85 heavy (non-hydrogen) atoms. The van der Waals surface area contributed by atoms with E-state index in [1.54, 1.807) is 6.20 Å². The molecule has 13 nitrogen and oxygen atoms in total. The Morgan fingerprint density at radius 2 is 1.00 bits per heavy atom. The summed E-state index contributed by atoms with van der Waals surface area (Å²) in [5.74, 6) is 3.42. The van der Waals surface area contributed by atoms with E-state index in [1.165, 1.54) is 5.56 Å². The van der Waals surface area contributed by atoms with Crippen LogP contribution in [0.1, 0.15) is 94.2 Å². The quantitative estimate of drug-likeness (QED) is 0.138. The van der Waals surface area contributed by atoms with Gasteiger partial charge in [-0.15, -0.1) is 0 Å². The minimum Gasteiger partial charge on any atom is -0.444 e. The summed E-state index contributed by atoms with van der Waals surface area (Å²) in [4.78, 5) is 31.5. The second kappa shape index (κ2) is 22.8. The summed E-state index contributed by atoms with van der Waals surface area (Å²) in [5, 5.41) is 9.88. The van der Waals surface area contributed by atoms with E-state index in [0.29, 0.717) is 0 Å². The molecule has 0 unspecified atom stereocenters. The maximum atomic E-state index is 12.1. The molecule has 0 saturated carbocycles. The van der Waals surface area contributed by atoms with Gasteiger partial charge in [0.25, 0.3) is 0 Å². The van der Waals surface area contributed by atoms with Crippen LogP contribution >= 0.6 is 15.9 Å². The van der Waals surface area contributed by atoms with Gasteiger partial charge in [-0.05, 0) is 149 Å². The van der Waals surface area contributed by atoms with E-state index < -0.39 is 24.4 Å². The fraction of sp³-hybridized carbons (Fsp3) is 0.243. The lowest BCUT2D eigenvalue weighted by molar-refractivity contribution is 0.00578. The molecular weight excluding hydrogens is 1120 g/mol. The zero-order valence-corrected chi connectivity index (χ0v) is 51.8. The van der Waals surface area contributed by atoms with Crippen LogP contribution in [0.5, 0.6) is 0 Å². The molecule has 6 aromatic carbocycles. The summed E-state index contributed by atoms with van der Waals surface area (Å²) >= 11 is 3.78. The topological polar surface area (TPSA) is 142 Å². The zero-order chi connectivity index (χ0) is 60.1. The van der Waals surface area contributed by atoms with Gasteiger partial charge in [0, 0.05) is 40.2 Å². The van der Waals surface area contributed by atoms with Crippen molar-refractivity contribution in [1.82, 2.24) is 34.4 Å². The van der Waals surface area contributed by atoms with Crippen LogP contribution in [0, 0.1) is 0 Å². The van der Waals surface area contributed by atoms with E-state index in [4.69, 9.17) is 24.0 Å². The number of anilines is 4. The maximum Gasteiger partial charge on any atom is 0.494 e. The summed E-state index contributed by atoms with van der Waals surface area (Å²) in [6.45, 7) is 24.3. The molecule has 4 aromatic heterocycles. The molecule has 10 aromatic rings. The number of imidazole rings is 2. The molecule has 0 radical (unpaired) electrons. The first-order chi connectivity index (χ1) is 40.5. The Labute approximate surface area is 507 Å². The van der Waals surface area contributed by atoms with Crippen molar-refractivity contribution >= 4 is 57.6 Å². The van der Waals surface area contributed by atoms with Crippen molar-refractivity contribution in [2.24, 2.45) is 0 Å². The number of pyridine rings is 2. The first-order valence-electron chi connectivity index (χ1n) is 28.7. The van der Waals surface area contributed by atoms with E-state index in [-0.39, 0.29) is 16.6 Å². The molecule has 3 aliphatic heterocycles. The molecule has 0 bridgehead atoms. The van der Waals surface area contributed by atoms with E-state index in [9.17, 15) is 4.79 Å². The number of halogens is 1. The predicted molar refractivity (Wildman–Crippen MR) is 347 cm³/mol. The Morgan fingerprint density at radius 1 is 0.541 bits per heavy atom.